The molecule has 0 aliphatic rings. The summed E-state index contributed by atoms with van der Waals surface area (Å²) in [5.41, 5.74) is 6.26. The van der Waals surface area contributed by atoms with Crippen LogP contribution in [0.2, 0.25) is 0 Å². The molecule has 0 aliphatic heterocycles. The fraction of sp³-hybridized carbons (Fsp3) is 0.167. The molecule has 2 aromatic rings. The van der Waals surface area contributed by atoms with Crippen molar-refractivity contribution in [1.29, 1.82) is 0 Å². The minimum absolute atomic E-state index is 0.300. The van der Waals surface area contributed by atoms with Gasteiger partial charge in [0.1, 0.15) is 0 Å². The Morgan fingerprint density at radius 2 is 2.12 bits per heavy atom. The number of carbonyl (C=O) groups excluding carboxylic acids is 2. The van der Waals surface area contributed by atoms with Crippen LogP contribution in [0.5, 0.6) is 0 Å². The normalized spacial score (nSPS) is 10.4. The maximum Gasteiger partial charge on any atom is 0.418 e. The Kier molecular flexibility index (Phi) is 2.82. The number of primary amides is 1. The fourth-order valence-corrected chi connectivity index (χ4v) is 1.73. The van der Waals surface area contributed by atoms with Crippen molar-refractivity contribution < 1.29 is 14.3 Å². The zero-order chi connectivity index (χ0) is 12.4. The maximum atomic E-state index is 11.6. The molecule has 88 valence electrons. The number of rotatable bonds is 2. The summed E-state index contributed by atoms with van der Waals surface area (Å²) in [5.74, 6) is -0.516. The molecule has 0 spiro atoms. The zero-order valence-electron chi connectivity index (χ0n) is 9.34. The molecule has 5 nitrogen and oxygen atoms in total. The van der Waals surface area contributed by atoms with Gasteiger partial charge < -0.3 is 10.5 Å². The van der Waals surface area contributed by atoms with Gasteiger partial charge in [0.05, 0.1) is 12.1 Å². The fourth-order valence-electron chi connectivity index (χ4n) is 1.73. The van der Waals surface area contributed by atoms with Gasteiger partial charge in [0, 0.05) is 17.1 Å². The van der Waals surface area contributed by atoms with Gasteiger partial charge in [-0.3, -0.25) is 9.36 Å². The molecule has 1 amide bonds. The average molecular weight is 232 g/mol. The minimum Gasteiger partial charge on any atom is -0.449 e. The highest BCUT2D eigenvalue weighted by molar-refractivity contribution is 6.07. The average Bonchev–Trinajstić information content (AvgIpc) is 2.72. The molecule has 0 saturated heterocycles. The van der Waals surface area contributed by atoms with Crippen LogP contribution in [0, 0.1) is 0 Å². The Balaban J connectivity index is 2.58. The number of hydrogen-bond donors (Lipinski definition) is 1. The largest absolute Gasteiger partial charge is 0.449 e. The summed E-state index contributed by atoms with van der Waals surface area (Å²) >= 11 is 0. The number of nitrogens with zero attached hydrogens (tertiary/aromatic N) is 1. The second-order valence-corrected chi connectivity index (χ2v) is 3.49. The van der Waals surface area contributed by atoms with Gasteiger partial charge in [-0.15, -0.1) is 0 Å². The van der Waals surface area contributed by atoms with E-state index in [1.54, 1.807) is 37.4 Å². The number of benzene rings is 1. The van der Waals surface area contributed by atoms with E-state index in [9.17, 15) is 9.59 Å². The van der Waals surface area contributed by atoms with E-state index in [1.807, 2.05) is 0 Å². The minimum atomic E-state index is -0.516. The first kappa shape index (κ1) is 11.2. The van der Waals surface area contributed by atoms with Crippen LogP contribution in [-0.4, -0.2) is 23.2 Å². The molecule has 0 fully saturated rings. The van der Waals surface area contributed by atoms with Crippen LogP contribution in [0.1, 0.15) is 17.3 Å². The second kappa shape index (κ2) is 4.29. The van der Waals surface area contributed by atoms with Crippen molar-refractivity contribution in [2.24, 2.45) is 5.73 Å². The second-order valence-electron chi connectivity index (χ2n) is 3.49. The van der Waals surface area contributed by atoms with Crippen LogP contribution >= 0.6 is 0 Å². The lowest BCUT2D eigenvalue weighted by Gasteiger charge is -2.04. The van der Waals surface area contributed by atoms with Crippen LogP contribution in [0.4, 0.5) is 4.79 Å². The first-order valence-corrected chi connectivity index (χ1v) is 5.22. The predicted molar refractivity (Wildman–Crippen MR) is 62.9 cm³/mol. The zero-order valence-corrected chi connectivity index (χ0v) is 9.34. The molecule has 5 heteroatoms. The lowest BCUT2D eigenvalue weighted by atomic mass is 10.1. The summed E-state index contributed by atoms with van der Waals surface area (Å²) < 4.78 is 6.26. The third kappa shape index (κ3) is 1.87. The summed E-state index contributed by atoms with van der Waals surface area (Å²) in [6, 6.07) is 6.71. The molecule has 17 heavy (non-hydrogen) atoms. The van der Waals surface area contributed by atoms with E-state index in [0.29, 0.717) is 23.1 Å². The quantitative estimate of drug-likeness (QED) is 0.857. The van der Waals surface area contributed by atoms with Crippen LogP contribution in [-0.2, 0) is 4.74 Å². The van der Waals surface area contributed by atoms with E-state index in [-0.39, 0.29) is 0 Å². The van der Waals surface area contributed by atoms with Gasteiger partial charge in [0.25, 0.3) is 0 Å². The number of amides is 1. The molecule has 0 atom stereocenters. The van der Waals surface area contributed by atoms with E-state index in [2.05, 4.69) is 0 Å². The van der Waals surface area contributed by atoms with Crippen LogP contribution in [0.25, 0.3) is 10.9 Å². The maximum absolute atomic E-state index is 11.6. The van der Waals surface area contributed by atoms with Crippen molar-refractivity contribution in [3.05, 3.63) is 36.0 Å². The van der Waals surface area contributed by atoms with Crippen molar-refractivity contribution in [3.8, 4) is 0 Å². The highest BCUT2D eigenvalue weighted by Crippen LogP contribution is 2.20. The monoisotopic (exact) mass is 232 g/mol. The van der Waals surface area contributed by atoms with E-state index in [4.69, 9.17) is 10.5 Å². The lowest BCUT2D eigenvalue weighted by Crippen LogP contribution is -2.13. The molecule has 0 radical (unpaired) electrons. The van der Waals surface area contributed by atoms with Crippen molar-refractivity contribution in [1.82, 2.24) is 4.57 Å². The van der Waals surface area contributed by atoms with E-state index in [0.717, 1.165) is 0 Å². The summed E-state index contributed by atoms with van der Waals surface area (Å²) in [7, 11) is 0. The topological polar surface area (TPSA) is 74.3 Å². The number of carbonyl (C=O) groups is 2. The Labute approximate surface area is 97.8 Å². The molecule has 2 rings (SSSR count). The first-order chi connectivity index (χ1) is 8.15. The molecule has 0 aliphatic carbocycles. The molecule has 1 aromatic carbocycles. The molecule has 0 saturated carbocycles. The Bertz CT molecular complexity index is 586. The van der Waals surface area contributed by atoms with Crippen LogP contribution < -0.4 is 5.73 Å². The molecule has 0 unspecified atom stereocenters. The van der Waals surface area contributed by atoms with Gasteiger partial charge in [-0.1, -0.05) is 6.07 Å². The highest BCUT2D eigenvalue weighted by Gasteiger charge is 2.13. The van der Waals surface area contributed by atoms with E-state index >= 15 is 0 Å². The number of nitrogens with two attached hydrogens (primary N) is 1. The SMILES string of the molecule is CCOC(=O)n1ccc2c(C(N)=O)cccc21. The Hall–Kier alpha value is -2.30. The summed E-state index contributed by atoms with van der Waals surface area (Å²) in [6.45, 7) is 2.03. The Morgan fingerprint density at radius 1 is 1.35 bits per heavy atom. The van der Waals surface area contributed by atoms with Gasteiger partial charge in [-0.2, -0.15) is 0 Å². The van der Waals surface area contributed by atoms with Crippen molar-refractivity contribution in [2.45, 2.75) is 6.92 Å². The van der Waals surface area contributed by atoms with Crippen molar-refractivity contribution in [2.75, 3.05) is 6.61 Å². The third-order valence-electron chi connectivity index (χ3n) is 2.46. The summed E-state index contributed by atoms with van der Waals surface area (Å²) in [4.78, 5) is 22.8. The van der Waals surface area contributed by atoms with Crippen molar-refractivity contribution in [3.63, 3.8) is 0 Å². The summed E-state index contributed by atoms with van der Waals surface area (Å²) in [6.07, 6.45) is 1.10. The molecule has 2 N–H and O–H groups in total. The van der Waals surface area contributed by atoms with Gasteiger partial charge in [-0.05, 0) is 25.1 Å². The molecule has 1 aromatic heterocycles. The molecular formula is C12H12N2O3. The van der Waals surface area contributed by atoms with Crippen LogP contribution in [0.15, 0.2) is 30.5 Å². The number of fused-ring (bicyclic) bond motifs is 1. The summed E-state index contributed by atoms with van der Waals surface area (Å²) in [5, 5.41) is 0.646. The highest BCUT2D eigenvalue weighted by atomic mass is 16.5. The lowest BCUT2D eigenvalue weighted by molar-refractivity contribution is 0.100. The van der Waals surface area contributed by atoms with Gasteiger partial charge >= 0.3 is 6.09 Å². The van der Waals surface area contributed by atoms with E-state index in [1.165, 1.54) is 4.57 Å². The van der Waals surface area contributed by atoms with Crippen molar-refractivity contribution >= 4 is 22.9 Å². The number of hydrogen-bond acceptors (Lipinski definition) is 3. The molecule has 1 heterocycles. The predicted octanol–water partition coefficient (Wildman–Crippen LogP) is 1.74. The third-order valence-corrected chi connectivity index (χ3v) is 2.46. The van der Waals surface area contributed by atoms with Gasteiger partial charge in [-0.25, -0.2) is 4.79 Å². The Morgan fingerprint density at radius 3 is 2.76 bits per heavy atom. The van der Waals surface area contributed by atoms with E-state index < -0.39 is 12.0 Å². The standard InChI is InChI=1S/C12H12N2O3/c1-2-17-12(16)14-7-6-8-9(11(13)15)4-3-5-10(8)14/h3-7H,2H2,1H3,(H2,13,15). The van der Waals surface area contributed by atoms with Gasteiger partial charge in [0.15, 0.2) is 0 Å². The number of aromatic nitrogens is 1. The van der Waals surface area contributed by atoms with Crippen LogP contribution in [0.3, 0.4) is 0 Å². The molecule has 0 bridgehead atoms. The van der Waals surface area contributed by atoms with Gasteiger partial charge in [0.2, 0.25) is 5.91 Å². The molecular weight excluding hydrogens is 220 g/mol. The number of ether oxygens (including phenoxy) is 1. The first-order valence-electron chi connectivity index (χ1n) is 5.22. The smallest absolute Gasteiger partial charge is 0.418 e.